The largest absolute Gasteiger partial charge is 0.497 e. The van der Waals surface area contributed by atoms with Gasteiger partial charge in [0.2, 0.25) is 0 Å². The quantitative estimate of drug-likeness (QED) is 0.223. The zero-order chi connectivity index (χ0) is 23.8. The number of carboxylic acids is 1. The number of rotatable bonds is 11. The highest BCUT2D eigenvalue weighted by molar-refractivity contribution is 5.66. The van der Waals surface area contributed by atoms with E-state index >= 15 is 0 Å². The second kappa shape index (κ2) is 11.8. The number of aliphatic carboxylic acids is 1. The molecule has 0 amide bonds. The van der Waals surface area contributed by atoms with Crippen LogP contribution in [0.25, 0.3) is 0 Å². The summed E-state index contributed by atoms with van der Waals surface area (Å²) in [5, 5.41) is 18.8. The van der Waals surface area contributed by atoms with Gasteiger partial charge in [-0.2, -0.15) is 10.2 Å². The third-order valence-electron chi connectivity index (χ3n) is 7.06. The number of methoxy groups -OCH3 is 1. The van der Waals surface area contributed by atoms with Gasteiger partial charge in [0.15, 0.2) is 0 Å². The van der Waals surface area contributed by atoms with Crippen LogP contribution in [-0.4, -0.2) is 24.2 Å². The molecule has 3 aliphatic carbocycles. The SMILES string of the molecule is COc1ccc(C(N=NC2[C@@H]3C=C[C@@H](CC3)[C@@H]2C/C=C\CCCC(=O)O)c2ccccc2)cc1. The summed E-state index contributed by atoms with van der Waals surface area (Å²) in [7, 11) is 1.68. The second-order valence-electron chi connectivity index (χ2n) is 9.25. The van der Waals surface area contributed by atoms with E-state index in [4.69, 9.17) is 20.1 Å². The summed E-state index contributed by atoms with van der Waals surface area (Å²) in [6.07, 6.45) is 14.1. The highest BCUT2D eigenvalue weighted by Crippen LogP contribution is 2.44. The van der Waals surface area contributed by atoms with Gasteiger partial charge in [0.05, 0.1) is 13.2 Å². The van der Waals surface area contributed by atoms with E-state index in [1.165, 1.54) is 12.8 Å². The van der Waals surface area contributed by atoms with Crippen molar-refractivity contribution in [3.8, 4) is 5.75 Å². The number of nitrogens with zero attached hydrogens (tertiary/aromatic N) is 2. The molecule has 0 spiro atoms. The van der Waals surface area contributed by atoms with E-state index in [9.17, 15) is 4.79 Å². The van der Waals surface area contributed by atoms with Gasteiger partial charge in [-0.05, 0) is 67.2 Å². The molecule has 2 bridgehead atoms. The summed E-state index contributed by atoms with van der Waals surface area (Å²) in [5.41, 5.74) is 2.23. The molecule has 1 N–H and O–H groups in total. The number of allylic oxidation sites excluding steroid dienone is 3. The first-order valence-electron chi connectivity index (χ1n) is 12.3. The summed E-state index contributed by atoms with van der Waals surface area (Å²) in [6, 6.07) is 18.5. The number of carboxylic acid groups (broad SMARTS) is 1. The lowest BCUT2D eigenvalue weighted by molar-refractivity contribution is -0.137. The number of fused-ring (bicyclic) bond motifs is 2. The average molecular weight is 459 g/mol. The maximum absolute atomic E-state index is 10.7. The molecule has 0 heterocycles. The molecule has 0 radical (unpaired) electrons. The highest BCUT2D eigenvalue weighted by atomic mass is 16.5. The molecule has 5 rings (SSSR count). The van der Waals surface area contributed by atoms with E-state index in [1.807, 2.05) is 30.3 Å². The summed E-state index contributed by atoms with van der Waals surface area (Å²) in [5.74, 6) is 1.52. The van der Waals surface area contributed by atoms with Crippen LogP contribution >= 0.6 is 0 Å². The van der Waals surface area contributed by atoms with Crippen LogP contribution < -0.4 is 4.74 Å². The van der Waals surface area contributed by atoms with Gasteiger partial charge in [-0.25, -0.2) is 0 Å². The summed E-state index contributed by atoms with van der Waals surface area (Å²) >= 11 is 0. The molecule has 0 aliphatic heterocycles. The number of hydrogen-bond donors (Lipinski definition) is 1. The normalized spacial score (nSPS) is 24.6. The van der Waals surface area contributed by atoms with Crippen LogP contribution in [0.1, 0.15) is 55.7 Å². The number of benzene rings is 2. The molecule has 5 nitrogen and oxygen atoms in total. The van der Waals surface area contributed by atoms with Crippen molar-refractivity contribution >= 4 is 5.97 Å². The van der Waals surface area contributed by atoms with E-state index in [-0.39, 0.29) is 18.5 Å². The Morgan fingerprint density at radius 2 is 1.74 bits per heavy atom. The molecule has 3 aliphatic rings. The Kier molecular flexibility index (Phi) is 8.29. The first-order chi connectivity index (χ1) is 16.7. The van der Waals surface area contributed by atoms with Crippen molar-refractivity contribution in [1.29, 1.82) is 0 Å². The van der Waals surface area contributed by atoms with Gasteiger partial charge in [-0.3, -0.25) is 4.79 Å². The van der Waals surface area contributed by atoms with Gasteiger partial charge in [-0.15, -0.1) is 0 Å². The van der Waals surface area contributed by atoms with Crippen LogP contribution in [0.3, 0.4) is 0 Å². The molecule has 0 saturated heterocycles. The number of azo groups is 1. The van der Waals surface area contributed by atoms with Crippen molar-refractivity contribution in [1.82, 2.24) is 0 Å². The van der Waals surface area contributed by atoms with Crippen LogP contribution in [0, 0.1) is 17.8 Å². The van der Waals surface area contributed by atoms with Crippen LogP contribution in [0.4, 0.5) is 0 Å². The van der Waals surface area contributed by atoms with Crippen molar-refractivity contribution in [3.05, 3.63) is 90.0 Å². The lowest BCUT2D eigenvalue weighted by Gasteiger charge is -2.42. The van der Waals surface area contributed by atoms with Gasteiger partial charge < -0.3 is 9.84 Å². The maximum atomic E-state index is 10.7. The van der Waals surface area contributed by atoms with Gasteiger partial charge in [0.25, 0.3) is 0 Å². The Hall–Kier alpha value is -3.21. The Labute approximate surface area is 202 Å². The lowest BCUT2D eigenvalue weighted by atomic mass is 9.65. The molecule has 5 heteroatoms. The predicted molar refractivity (Wildman–Crippen MR) is 134 cm³/mol. The zero-order valence-corrected chi connectivity index (χ0v) is 19.8. The number of hydrogen-bond acceptors (Lipinski definition) is 4. The standard InChI is InChI=1S/C29H34N2O3/c1-34-25-19-17-23(18-20-25)28(22-9-5-4-6-10-22)30-31-29-24-15-13-21(14-16-24)26(29)11-7-2-3-8-12-27(32)33/h2,4-7,9-10,13,15,17-21,24,26,28-29H,3,8,11-12,14,16H2,1H3,(H,32,33)/b7-2-,31-30?/t21-,24+,26-,28?,29?/m0/s1. The van der Waals surface area contributed by atoms with E-state index in [0.29, 0.717) is 24.2 Å². The molecular weight excluding hydrogens is 424 g/mol. The van der Waals surface area contributed by atoms with Crippen molar-refractivity contribution in [3.63, 3.8) is 0 Å². The third kappa shape index (κ3) is 6.02. The topological polar surface area (TPSA) is 71.2 Å². The molecule has 1 saturated carbocycles. The molecule has 178 valence electrons. The van der Waals surface area contributed by atoms with Gasteiger partial charge in [0.1, 0.15) is 11.8 Å². The van der Waals surface area contributed by atoms with Crippen LogP contribution in [0.5, 0.6) is 5.75 Å². The van der Waals surface area contributed by atoms with E-state index in [1.54, 1.807) is 7.11 Å². The fourth-order valence-corrected chi connectivity index (χ4v) is 5.19. The first kappa shape index (κ1) is 23.9. The number of unbranched alkanes of at least 4 members (excludes halogenated alkanes) is 1. The number of carbonyl (C=O) groups is 1. The molecule has 0 aromatic heterocycles. The minimum atomic E-state index is -0.728. The zero-order valence-electron chi connectivity index (χ0n) is 19.8. The first-order valence-corrected chi connectivity index (χ1v) is 12.3. The minimum absolute atomic E-state index is 0.149. The van der Waals surface area contributed by atoms with Crippen LogP contribution in [0.15, 0.2) is 89.1 Å². The summed E-state index contributed by atoms with van der Waals surface area (Å²) in [4.78, 5) is 10.7. The van der Waals surface area contributed by atoms with E-state index in [0.717, 1.165) is 29.7 Å². The maximum Gasteiger partial charge on any atom is 0.303 e. The Bertz CT molecular complexity index is 1010. The fraction of sp³-hybridized carbons (Fsp3) is 0.414. The van der Waals surface area contributed by atoms with E-state index < -0.39 is 5.97 Å². The third-order valence-corrected chi connectivity index (χ3v) is 7.06. The monoisotopic (exact) mass is 458 g/mol. The molecule has 5 atom stereocenters. The Morgan fingerprint density at radius 1 is 1.03 bits per heavy atom. The van der Waals surface area contributed by atoms with Gasteiger partial charge in [0, 0.05) is 12.3 Å². The van der Waals surface area contributed by atoms with Crippen molar-refractivity contribution in [2.75, 3.05) is 7.11 Å². The second-order valence-corrected chi connectivity index (χ2v) is 9.25. The molecule has 34 heavy (non-hydrogen) atoms. The Balaban J connectivity index is 1.51. The van der Waals surface area contributed by atoms with E-state index in [2.05, 4.69) is 48.6 Å². The van der Waals surface area contributed by atoms with Crippen molar-refractivity contribution in [2.45, 2.75) is 50.6 Å². The van der Waals surface area contributed by atoms with Crippen molar-refractivity contribution in [2.24, 2.45) is 28.0 Å². The van der Waals surface area contributed by atoms with Crippen LogP contribution in [-0.2, 0) is 4.79 Å². The molecule has 2 aromatic rings. The number of ether oxygens (including phenoxy) is 1. The lowest BCUT2D eigenvalue weighted by Crippen LogP contribution is -2.39. The predicted octanol–water partition coefficient (Wildman–Crippen LogP) is 7.02. The average Bonchev–Trinajstić information content (AvgIpc) is 2.88. The highest BCUT2D eigenvalue weighted by Gasteiger charge is 2.40. The summed E-state index contributed by atoms with van der Waals surface area (Å²) in [6.45, 7) is 0. The minimum Gasteiger partial charge on any atom is -0.497 e. The summed E-state index contributed by atoms with van der Waals surface area (Å²) < 4.78 is 5.33. The van der Waals surface area contributed by atoms with Crippen molar-refractivity contribution < 1.29 is 14.6 Å². The van der Waals surface area contributed by atoms with Gasteiger partial charge >= 0.3 is 5.97 Å². The van der Waals surface area contributed by atoms with Crippen LogP contribution in [0.2, 0.25) is 0 Å². The molecule has 2 aromatic carbocycles. The smallest absolute Gasteiger partial charge is 0.303 e. The molecule has 1 fully saturated rings. The Morgan fingerprint density at radius 3 is 2.41 bits per heavy atom. The van der Waals surface area contributed by atoms with Gasteiger partial charge in [-0.1, -0.05) is 66.8 Å². The molecular formula is C29H34N2O3. The molecule has 2 unspecified atom stereocenters. The fourth-order valence-electron chi connectivity index (χ4n) is 5.19.